The fourth-order valence-corrected chi connectivity index (χ4v) is 2.66. The number of nitrogens with one attached hydrogen (secondary N) is 2. The molecule has 0 saturated carbocycles. The number of anilines is 1. The average Bonchev–Trinajstić information content (AvgIpc) is 3.00. The van der Waals surface area contributed by atoms with Gasteiger partial charge in [0.2, 0.25) is 11.7 Å². The summed E-state index contributed by atoms with van der Waals surface area (Å²) in [5.41, 5.74) is 4.85. The zero-order valence-corrected chi connectivity index (χ0v) is 12.5. The lowest BCUT2D eigenvalue weighted by Crippen LogP contribution is -2.31. The highest BCUT2D eigenvalue weighted by molar-refractivity contribution is 7.51. The Kier molecular flexibility index (Phi) is 3.75. The fraction of sp³-hybridized carbons (Fsp3) is 0.500. The first-order valence-corrected chi connectivity index (χ1v) is 8.25. The van der Waals surface area contributed by atoms with Gasteiger partial charge < -0.3 is 35.1 Å². The Labute approximate surface area is 127 Å². The topological polar surface area (TPSA) is 197 Å². The van der Waals surface area contributed by atoms with Crippen molar-refractivity contribution in [2.24, 2.45) is 0 Å². The minimum absolute atomic E-state index is 0.00153. The van der Waals surface area contributed by atoms with E-state index >= 15 is 0 Å². The van der Waals surface area contributed by atoms with Crippen molar-refractivity contribution < 1.29 is 28.9 Å². The van der Waals surface area contributed by atoms with E-state index in [9.17, 15) is 14.5 Å². The van der Waals surface area contributed by atoms with E-state index in [0.717, 1.165) is 0 Å². The Balaban J connectivity index is 2.05. The molecule has 23 heavy (non-hydrogen) atoms. The van der Waals surface area contributed by atoms with Crippen LogP contribution in [-0.2, 0) is 19.8 Å². The molecule has 0 radical (unpaired) electrons. The zero-order chi connectivity index (χ0) is 16.8. The Bertz CT molecular complexity index is 844. The van der Waals surface area contributed by atoms with Crippen molar-refractivity contribution >= 4 is 24.7 Å². The molecular weight excluding hydrogens is 333 g/mol. The van der Waals surface area contributed by atoms with Crippen LogP contribution in [0.3, 0.4) is 0 Å². The molecule has 12 nitrogen and oxygen atoms in total. The third kappa shape index (κ3) is 3.13. The van der Waals surface area contributed by atoms with Crippen LogP contribution >= 0.6 is 7.60 Å². The molecule has 2 aromatic rings. The minimum atomic E-state index is -4.48. The minimum Gasteiger partial charge on any atom is -0.390 e. The first kappa shape index (κ1) is 16.1. The molecule has 0 amide bonds. The highest BCUT2D eigenvalue weighted by Gasteiger charge is 2.47. The molecule has 1 fully saturated rings. The molecule has 0 aromatic carbocycles. The smallest absolute Gasteiger partial charge is 0.351 e. The molecule has 7 N–H and O–H groups in total. The summed E-state index contributed by atoms with van der Waals surface area (Å²) < 4.78 is 21.6. The standard InChI is InChI=1S/C10H14N5O7P/c11-9-14-6-5(7(17)15-9)12-8(13-6)10(1-4(16)2-21-10)22-3-23(18,19)20/h4,16H,1-3H2,(H2,18,19,20)(H4,11,12,13,14,15,17)/t4-,10-/m0/s1. The number of aromatic nitrogens is 4. The van der Waals surface area contributed by atoms with Crippen LogP contribution < -0.4 is 11.3 Å². The van der Waals surface area contributed by atoms with Gasteiger partial charge in [0.05, 0.1) is 12.7 Å². The monoisotopic (exact) mass is 347 g/mol. The third-order valence-corrected chi connectivity index (χ3v) is 3.69. The number of hydrogen-bond donors (Lipinski definition) is 6. The number of aromatic amines is 2. The molecule has 1 saturated heterocycles. The Hall–Kier alpha value is -1.82. The van der Waals surface area contributed by atoms with E-state index in [1.807, 2.05) is 0 Å². The number of ether oxygens (including phenoxy) is 2. The maximum atomic E-state index is 11.8. The number of hydrogen-bond acceptors (Lipinski definition) is 8. The molecule has 2 atom stereocenters. The number of fused-ring (bicyclic) bond motifs is 1. The molecule has 2 aromatic heterocycles. The largest absolute Gasteiger partial charge is 0.390 e. The molecule has 13 heteroatoms. The molecule has 0 bridgehead atoms. The van der Waals surface area contributed by atoms with Gasteiger partial charge in [-0.3, -0.25) is 14.3 Å². The van der Waals surface area contributed by atoms with Crippen LogP contribution in [0.2, 0.25) is 0 Å². The van der Waals surface area contributed by atoms with Gasteiger partial charge in [-0.2, -0.15) is 4.98 Å². The van der Waals surface area contributed by atoms with Crippen molar-refractivity contribution in [1.29, 1.82) is 0 Å². The lowest BCUT2D eigenvalue weighted by Gasteiger charge is -2.26. The van der Waals surface area contributed by atoms with Gasteiger partial charge in [-0.15, -0.1) is 0 Å². The van der Waals surface area contributed by atoms with Crippen molar-refractivity contribution in [3.63, 3.8) is 0 Å². The van der Waals surface area contributed by atoms with E-state index in [4.69, 9.17) is 25.0 Å². The molecular formula is C10H14N5O7P. The van der Waals surface area contributed by atoms with Crippen molar-refractivity contribution in [1.82, 2.24) is 19.9 Å². The average molecular weight is 347 g/mol. The van der Waals surface area contributed by atoms with Gasteiger partial charge in [-0.05, 0) is 0 Å². The van der Waals surface area contributed by atoms with E-state index in [1.54, 1.807) is 0 Å². The van der Waals surface area contributed by atoms with Crippen molar-refractivity contribution in [2.45, 2.75) is 18.3 Å². The number of nitrogens with zero attached hydrogens (tertiary/aromatic N) is 2. The predicted molar refractivity (Wildman–Crippen MR) is 75.2 cm³/mol. The summed E-state index contributed by atoms with van der Waals surface area (Å²) in [7, 11) is -4.48. The number of nitrogen functional groups attached to an aromatic ring is 1. The molecule has 0 spiro atoms. The number of aliphatic hydroxyl groups excluding tert-OH is 1. The number of imidazole rings is 1. The summed E-state index contributed by atoms with van der Waals surface area (Å²) >= 11 is 0. The second kappa shape index (κ2) is 5.37. The van der Waals surface area contributed by atoms with E-state index in [-0.39, 0.29) is 36.0 Å². The van der Waals surface area contributed by atoms with Crippen molar-refractivity contribution in [2.75, 3.05) is 18.7 Å². The first-order chi connectivity index (χ1) is 10.7. The molecule has 1 aliphatic rings. The van der Waals surface area contributed by atoms with Crippen LogP contribution in [0.5, 0.6) is 0 Å². The summed E-state index contributed by atoms with van der Waals surface area (Å²) in [5, 5.41) is 9.68. The van der Waals surface area contributed by atoms with E-state index < -0.39 is 31.4 Å². The summed E-state index contributed by atoms with van der Waals surface area (Å²) in [6.07, 6.45) is -1.99. The normalized spacial score (nSPS) is 25.3. The quantitative estimate of drug-likeness (QED) is 0.347. The van der Waals surface area contributed by atoms with Gasteiger partial charge in [0.25, 0.3) is 5.56 Å². The number of aliphatic hydroxyl groups is 1. The van der Waals surface area contributed by atoms with Gasteiger partial charge in [0, 0.05) is 6.42 Å². The second-order valence-corrected chi connectivity index (χ2v) is 6.68. The van der Waals surface area contributed by atoms with Crippen molar-refractivity contribution in [3.8, 4) is 0 Å². The summed E-state index contributed by atoms with van der Waals surface area (Å²) in [5.74, 6) is -1.90. The molecule has 0 unspecified atom stereocenters. The Morgan fingerprint density at radius 2 is 2.17 bits per heavy atom. The number of nitrogens with two attached hydrogens (primary N) is 1. The van der Waals surface area contributed by atoms with Crippen LogP contribution in [0.25, 0.3) is 11.2 Å². The highest BCUT2D eigenvalue weighted by Crippen LogP contribution is 2.42. The third-order valence-electron chi connectivity index (χ3n) is 3.22. The second-order valence-electron chi connectivity index (χ2n) is 5.10. The summed E-state index contributed by atoms with van der Waals surface area (Å²) in [6, 6.07) is 0. The summed E-state index contributed by atoms with van der Waals surface area (Å²) in [6.45, 7) is -0.121. The van der Waals surface area contributed by atoms with E-state index in [2.05, 4.69) is 19.9 Å². The number of rotatable bonds is 4. The zero-order valence-electron chi connectivity index (χ0n) is 11.6. The SMILES string of the molecule is Nc1nc2nc([C@@]3(OCP(=O)(O)O)C[C@H](O)CO3)[nH]c2c(=O)[nH]1. The lowest BCUT2D eigenvalue weighted by atomic mass is 10.1. The Morgan fingerprint density at radius 3 is 2.78 bits per heavy atom. The molecule has 3 heterocycles. The van der Waals surface area contributed by atoms with Crippen LogP contribution in [0, 0.1) is 0 Å². The first-order valence-electron chi connectivity index (χ1n) is 6.45. The van der Waals surface area contributed by atoms with Gasteiger partial charge in [0.15, 0.2) is 23.3 Å². The molecule has 3 rings (SSSR count). The van der Waals surface area contributed by atoms with Gasteiger partial charge in [-0.1, -0.05) is 0 Å². The van der Waals surface area contributed by atoms with Crippen LogP contribution in [0.15, 0.2) is 4.79 Å². The summed E-state index contributed by atoms with van der Waals surface area (Å²) in [4.78, 5) is 42.6. The maximum Gasteiger partial charge on any atom is 0.351 e. The Morgan fingerprint density at radius 1 is 1.43 bits per heavy atom. The molecule has 126 valence electrons. The lowest BCUT2D eigenvalue weighted by molar-refractivity contribution is -0.214. The molecule has 0 aliphatic carbocycles. The van der Waals surface area contributed by atoms with Gasteiger partial charge in [-0.25, -0.2) is 4.98 Å². The van der Waals surface area contributed by atoms with Crippen molar-refractivity contribution in [3.05, 3.63) is 16.2 Å². The van der Waals surface area contributed by atoms with Crippen LogP contribution in [-0.4, -0.2) is 53.9 Å². The van der Waals surface area contributed by atoms with Crippen LogP contribution in [0.1, 0.15) is 12.2 Å². The van der Waals surface area contributed by atoms with Gasteiger partial charge >= 0.3 is 7.60 Å². The van der Waals surface area contributed by atoms with E-state index in [0.29, 0.717) is 0 Å². The molecule has 1 aliphatic heterocycles. The fourth-order valence-electron chi connectivity index (χ4n) is 2.29. The highest BCUT2D eigenvalue weighted by atomic mass is 31.2. The number of H-pyrrole nitrogens is 2. The maximum absolute atomic E-state index is 11.8. The van der Waals surface area contributed by atoms with Gasteiger partial charge in [0.1, 0.15) is 0 Å². The van der Waals surface area contributed by atoms with E-state index in [1.165, 1.54) is 0 Å². The van der Waals surface area contributed by atoms with Crippen LogP contribution in [0.4, 0.5) is 5.95 Å². The predicted octanol–water partition coefficient (Wildman–Crippen LogP) is -1.69.